The van der Waals surface area contributed by atoms with Crippen LogP contribution in [0.25, 0.3) is 0 Å². The van der Waals surface area contributed by atoms with E-state index in [-0.39, 0.29) is 37.4 Å². The third kappa shape index (κ3) is 7.96. The minimum Gasteiger partial charge on any atom is -0.465 e. The van der Waals surface area contributed by atoms with Gasteiger partial charge in [0.25, 0.3) is 0 Å². The molecule has 0 amide bonds. The molecule has 0 rings (SSSR count). The third-order valence-corrected chi connectivity index (χ3v) is 1.68. The Labute approximate surface area is 100 Å². The highest BCUT2D eigenvalue weighted by molar-refractivity contribution is 5.94. The summed E-state index contributed by atoms with van der Waals surface area (Å²) in [5.74, 6) is -1.42. The Bertz CT molecular complexity index is 330. The molecule has 0 unspecified atom stereocenters. The van der Waals surface area contributed by atoms with Crippen LogP contribution in [0.1, 0.15) is 19.8 Å². The van der Waals surface area contributed by atoms with Crippen LogP contribution in [0.15, 0.2) is 24.8 Å². The molecule has 0 aromatic rings. The minimum atomic E-state index is -0.607. The van der Waals surface area contributed by atoms with E-state index in [2.05, 4.69) is 13.2 Å². The van der Waals surface area contributed by atoms with Crippen LogP contribution < -0.4 is 0 Å². The van der Waals surface area contributed by atoms with Crippen LogP contribution in [0.5, 0.6) is 0 Å². The van der Waals surface area contributed by atoms with Crippen LogP contribution >= 0.6 is 0 Å². The fourth-order valence-corrected chi connectivity index (χ4v) is 0.881. The molecule has 0 aliphatic carbocycles. The maximum Gasteiger partial charge on any atom is 0.333 e. The van der Waals surface area contributed by atoms with Gasteiger partial charge in [0.2, 0.25) is 0 Å². The summed E-state index contributed by atoms with van der Waals surface area (Å²) in [6.45, 7) is 8.31. The SMILES string of the molecule is C=CCOC(=O)C(=C)CCOC(=O)CC(C)=O. The highest BCUT2D eigenvalue weighted by Gasteiger charge is 2.10. The van der Waals surface area contributed by atoms with Gasteiger partial charge in [-0.25, -0.2) is 4.79 Å². The smallest absolute Gasteiger partial charge is 0.333 e. The van der Waals surface area contributed by atoms with Gasteiger partial charge in [-0.2, -0.15) is 0 Å². The van der Waals surface area contributed by atoms with Crippen molar-refractivity contribution in [3.05, 3.63) is 24.8 Å². The zero-order valence-electron chi connectivity index (χ0n) is 9.86. The normalized spacial score (nSPS) is 9.24. The molecule has 0 fully saturated rings. The van der Waals surface area contributed by atoms with Crippen LogP contribution in [0.3, 0.4) is 0 Å². The number of esters is 2. The predicted octanol–water partition coefficient (Wildman–Crippen LogP) is 1.18. The highest BCUT2D eigenvalue weighted by Crippen LogP contribution is 2.02. The number of rotatable bonds is 8. The van der Waals surface area contributed by atoms with Gasteiger partial charge in [-0.3, -0.25) is 9.59 Å². The average molecular weight is 240 g/mol. The van der Waals surface area contributed by atoms with Crippen molar-refractivity contribution < 1.29 is 23.9 Å². The molecule has 0 atom stereocenters. The van der Waals surface area contributed by atoms with Gasteiger partial charge in [0.1, 0.15) is 18.8 Å². The third-order valence-electron chi connectivity index (χ3n) is 1.68. The molecule has 5 heteroatoms. The number of hydrogen-bond acceptors (Lipinski definition) is 5. The van der Waals surface area contributed by atoms with Crippen molar-refractivity contribution >= 4 is 17.7 Å². The highest BCUT2D eigenvalue weighted by atomic mass is 16.5. The summed E-state index contributed by atoms with van der Waals surface area (Å²) in [7, 11) is 0. The Morgan fingerprint density at radius 1 is 1.24 bits per heavy atom. The van der Waals surface area contributed by atoms with E-state index in [1.165, 1.54) is 13.0 Å². The van der Waals surface area contributed by atoms with Gasteiger partial charge in [0.15, 0.2) is 0 Å². The first-order valence-corrected chi connectivity index (χ1v) is 5.08. The van der Waals surface area contributed by atoms with Crippen molar-refractivity contribution in [3.63, 3.8) is 0 Å². The number of carbonyl (C=O) groups is 3. The molecule has 0 N–H and O–H groups in total. The van der Waals surface area contributed by atoms with Crippen molar-refractivity contribution in [1.82, 2.24) is 0 Å². The van der Waals surface area contributed by atoms with Crippen molar-refractivity contribution in [3.8, 4) is 0 Å². The van der Waals surface area contributed by atoms with Crippen molar-refractivity contribution in [2.45, 2.75) is 19.8 Å². The standard InChI is InChI=1S/C12H16O5/c1-4-6-17-12(15)9(2)5-7-16-11(14)8-10(3)13/h4H,1-2,5-8H2,3H3. The molecule has 0 heterocycles. The molecule has 0 radical (unpaired) electrons. The second-order valence-corrected chi connectivity index (χ2v) is 3.34. The number of ketones is 1. The van der Waals surface area contributed by atoms with E-state index in [9.17, 15) is 14.4 Å². The number of hydrogen-bond donors (Lipinski definition) is 0. The first kappa shape index (κ1) is 15.1. The molecule has 0 spiro atoms. The summed E-state index contributed by atoms with van der Waals surface area (Å²) in [6.07, 6.45) is 1.37. The Morgan fingerprint density at radius 2 is 1.88 bits per heavy atom. The van der Waals surface area contributed by atoms with Crippen molar-refractivity contribution in [2.75, 3.05) is 13.2 Å². The minimum absolute atomic E-state index is 0.00807. The van der Waals surface area contributed by atoms with Crippen molar-refractivity contribution in [1.29, 1.82) is 0 Å². The Balaban J connectivity index is 3.77. The lowest BCUT2D eigenvalue weighted by Crippen LogP contribution is -2.13. The molecule has 0 aromatic heterocycles. The molecule has 5 nitrogen and oxygen atoms in total. The summed E-state index contributed by atoms with van der Waals surface area (Å²) in [5.41, 5.74) is 0.211. The molecule has 0 saturated carbocycles. The maximum absolute atomic E-state index is 11.2. The first-order chi connectivity index (χ1) is 7.97. The summed E-state index contributed by atoms with van der Waals surface area (Å²) in [5, 5.41) is 0. The molecule has 0 aromatic carbocycles. The largest absolute Gasteiger partial charge is 0.465 e. The molecular formula is C12H16O5. The van der Waals surface area contributed by atoms with E-state index in [1.807, 2.05) is 0 Å². The second-order valence-electron chi connectivity index (χ2n) is 3.34. The molecule has 0 bridgehead atoms. The lowest BCUT2D eigenvalue weighted by atomic mass is 10.2. The Morgan fingerprint density at radius 3 is 2.41 bits per heavy atom. The summed E-state index contributed by atoms with van der Waals surface area (Å²) < 4.78 is 9.45. The van der Waals surface area contributed by atoms with Crippen LogP contribution in [0.2, 0.25) is 0 Å². The fourth-order valence-electron chi connectivity index (χ4n) is 0.881. The topological polar surface area (TPSA) is 69.7 Å². The van der Waals surface area contributed by atoms with E-state index >= 15 is 0 Å². The summed E-state index contributed by atoms with van der Waals surface area (Å²) >= 11 is 0. The van der Waals surface area contributed by atoms with Gasteiger partial charge in [-0.15, -0.1) is 0 Å². The summed E-state index contributed by atoms with van der Waals surface area (Å²) in [6, 6.07) is 0. The zero-order chi connectivity index (χ0) is 13.3. The van der Waals surface area contributed by atoms with Gasteiger partial charge < -0.3 is 9.47 Å². The lowest BCUT2D eigenvalue weighted by Gasteiger charge is -2.06. The van der Waals surface area contributed by atoms with Crippen LogP contribution in [0.4, 0.5) is 0 Å². The number of carbonyl (C=O) groups excluding carboxylic acids is 3. The molecule has 0 saturated heterocycles. The number of ether oxygens (including phenoxy) is 2. The fraction of sp³-hybridized carbons (Fsp3) is 0.417. The monoisotopic (exact) mass is 240 g/mol. The van der Waals surface area contributed by atoms with Gasteiger partial charge in [0, 0.05) is 12.0 Å². The maximum atomic E-state index is 11.2. The van der Waals surface area contributed by atoms with Crippen LogP contribution in [0, 0.1) is 0 Å². The lowest BCUT2D eigenvalue weighted by molar-refractivity contribution is -0.146. The van der Waals surface area contributed by atoms with E-state index < -0.39 is 11.9 Å². The van der Waals surface area contributed by atoms with Gasteiger partial charge in [-0.05, 0) is 6.92 Å². The second kappa shape index (κ2) is 8.27. The number of Topliss-reactive ketones (excluding diaryl/α,β-unsaturated/α-hetero) is 1. The molecule has 94 valence electrons. The summed E-state index contributed by atoms with van der Waals surface area (Å²) in [4.78, 5) is 32.7. The van der Waals surface area contributed by atoms with E-state index in [0.29, 0.717) is 0 Å². The van der Waals surface area contributed by atoms with Gasteiger partial charge >= 0.3 is 11.9 Å². The van der Waals surface area contributed by atoms with E-state index in [4.69, 9.17) is 9.47 Å². The van der Waals surface area contributed by atoms with E-state index in [1.54, 1.807) is 0 Å². The molecule has 0 aliphatic rings. The molecule has 0 aliphatic heterocycles. The van der Waals surface area contributed by atoms with Gasteiger partial charge in [-0.1, -0.05) is 19.2 Å². The average Bonchev–Trinajstić information content (AvgIpc) is 2.24. The van der Waals surface area contributed by atoms with Gasteiger partial charge in [0.05, 0.1) is 6.61 Å². The van der Waals surface area contributed by atoms with Crippen LogP contribution in [-0.2, 0) is 23.9 Å². The van der Waals surface area contributed by atoms with Crippen LogP contribution in [-0.4, -0.2) is 30.9 Å². The quantitative estimate of drug-likeness (QED) is 0.276. The zero-order valence-corrected chi connectivity index (χ0v) is 9.86. The van der Waals surface area contributed by atoms with Crippen molar-refractivity contribution in [2.24, 2.45) is 0 Å². The molecular weight excluding hydrogens is 224 g/mol. The molecule has 17 heavy (non-hydrogen) atoms. The first-order valence-electron chi connectivity index (χ1n) is 5.08. The predicted molar refractivity (Wildman–Crippen MR) is 61.2 cm³/mol. The Kier molecular flexibility index (Phi) is 7.34. The van der Waals surface area contributed by atoms with E-state index in [0.717, 1.165) is 0 Å². The Hall–Kier alpha value is -1.91.